The first kappa shape index (κ1) is 20.1. The normalized spacial score (nSPS) is 10.8. The van der Waals surface area contributed by atoms with E-state index in [1.54, 1.807) is 36.9 Å². The molecule has 0 saturated heterocycles. The predicted molar refractivity (Wildman–Crippen MR) is 117 cm³/mol. The molecule has 0 saturated carbocycles. The van der Waals surface area contributed by atoms with Gasteiger partial charge in [-0.15, -0.1) is 0 Å². The molecule has 0 bridgehead atoms. The molecule has 0 fully saturated rings. The molecule has 9 nitrogen and oxygen atoms in total. The number of anilines is 1. The van der Waals surface area contributed by atoms with E-state index in [2.05, 4.69) is 20.4 Å². The fourth-order valence-corrected chi connectivity index (χ4v) is 3.33. The lowest BCUT2D eigenvalue weighted by atomic mass is 10.1. The van der Waals surface area contributed by atoms with Crippen LogP contribution in [0.4, 0.5) is 10.5 Å². The SMILES string of the molecule is CCOC(=O)Nc1ccc(-c2nc3c(c(-c4ccccc4)nn3C)c(=O)[nH]2)c(OC)c1. The first-order chi connectivity index (χ1) is 15.0. The Kier molecular flexibility index (Phi) is 5.40. The Hall–Kier alpha value is -4.14. The quantitative estimate of drug-likeness (QED) is 0.512. The monoisotopic (exact) mass is 419 g/mol. The summed E-state index contributed by atoms with van der Waals surface area (Å²) in [4.78, 5) is 32.1. The van der Waals surface area contributed by atoms with Crippen LogP contribution in [0.15, 0.2) is 53.3 Å². The largest absolute Gasteiger partial charge is 0.496 e. The Morgan fingerprint density at radius 3 is 2.68 bits per heavy atom. The van der Waals surface area contributed by atoms with E-state index in [9.17, 15) is 9.59 Å². The molecule has 2 heterocycles. The van der Waals surface area contributed by atoms with Crippen LogP contribution in [0.3, 0.4) is 0 Å². The van der Waals surface area contributed by atoms with Crippen molar-refractivity contribution in [1.82, 2.24) is 19.7 Å². The van der Waals surface area contributed by atoms with Crippen molar-refractivity contribution in [2.75, 3.05) is 19.0 Å². The molecule has 0 aliphatic heterocycles. The Bertz CT molecular complexity index is 1310. The summed E-state index contributed by atoms with van der Waals surface area (Å²) >= 11 is 0. The Labute approximate surface area is 177 Å². The van der Waals surface area contributed by atoms with Crippen molar-refractivity contribution in [2.45, 2.75) is 6.92 Å². The number of amides is 1. The lowest BCUT2D eigenvalue weighted by molar-refractivity contribution is 0.168. The molecule has 4 rings (SSSR count). The van der Waals surface area contributed by atoms with Crippen LogP contribution in [-0.2, 0) is 11.8 Å². The van der Waals surface area contributed by atoms with Gasteiger partial charge in [-0.3, -0.25) is 10.1 Å². The third-order valence-electron chi connectivity index (χ3n) is 4.72. The predicted octanol–water partition coefficient (Wildman–Crippen LogP) is 3.57. The third-order valence-corrected chi connectivity index (χ3v) is 4.72. The number of H-pyrrole nitrogens is 1. The molecule has 0 aliphatic carbocycles. The molecule has 0 radical (unpaired) electrons. The van der Waals surface area contributed by atoms with Crippen LogP contribution in [-0.4, -0.2) is 39.6 Å². The van der Waals surface area contributed by atoms with Crippen LogP contribution < -0.4 is 15.6 Å². The fraction of sp³-hybridized carbons (Fsp3) is 0.182. The second-order valence-corrected chi connectivity index (χ2v) is 6.71. The van der Waals surface area contributed by atoms with Crippen LogP contribution in [0.5, 0.6) is 5.75 Å². The Balaban J connectivity index is 1.80. The molecule has 0 atom stereocenters. The number of aromatic amines is 1. The first-order valence-corrected chi connectivity index (χ1v) is 9.66. The van der Waals surface area contributed by atoms with Crippen LogP contribution in [0.2, 0.25) is 0 Å². The van der Waals surface area contributed by atoms with E-state index in [1.807, 2.05) is 30.3 Å². The highest BCUT2D eigenvalue weighted by molar-refractivity contribution is 5.91. The number of ether oxygens (including phenoxy) is 2. The fourth-order valence-electron chi connectivity index (χ4n) is 3.33. The number of rotatable bonds is 5. The number of carbonyl (C=O) groups excluding carboxylic acids is 1. The molecule has 0 aliphatic rings. The van der Waals surface area contributed by atoms with Gasteiger partial charge in [-0.25, -0.2) is 14.5 Å². The Morgan fingerprint density at radius 1 is 1.19 bits per heavy atom. The van der Waals surface area contributed by atoms with Crippen molar-refractivity contribution < 1.29 is 14.3 Å². The minimum absolute atomic E-state index is 0.266. The summed E-state index contributed by atoms with van der Waals surface area (Å²) in [5.74, 6) is 0.766. The van der Waals surface area contributed by atoms with Gasteiger partial charge < -0.3 is 14.5 Å². The van der Waals surface area contributed by atoms with Crippen molar-refractivity contribution in [3.05, 3.63) is 58.9 Å². The van der Waals surface area contributed by atoms with E-state index in [4.69, 9.17) is 9.47 Å². The summed E-state index contributed by atoms with van der Waals surface area (Å²) in [6.07, 6.45) is -0.561. The van der Waals surface area contributed by atoms with Crippen LogP contribution in [0.1, 0.15) is 6.92 Å². The van der Waals surface area contributed by atoms with Crippen molar-refractivity contribution in [1.29, 1.82) is 0 Å². The maximum absolute atomic E-state index is 13.0. The summed E-state index contributed by atoms with van der Waals surface area (Å²) in [6.45, 7) is 1.99. The zero-order valence-electron chi connectivity index (χ0n) is 17.3. The van der Waals surface area contributed by atoms with Gasteiger partial charge in [0.2, 0.25) is 0 Å². The number of hydrogen-bond donors (Lipinski definition) is 2. The second kappa shape index (κ2) is 8.31. The molecule has 158 valence electrons. The number of fused-ring (bicyclic) bond motifs is 1. The molecular weight excluding hydrogens is 398 g/mol. The van der Waals surface area contributed by atoms with Crippen molar-refractivity contribution in [3.63, 3.8) is 0 Å². The highest BCUT2D eigenvalue weighted by Crippen LogP contribution is 2.31. The number of carbonyl (C=O) groups is 1. The van der Waals surface area contributed by atoms with Gasteiger partial charge in [0, 0.05) is 24.4 Å². The van der Waals surface area contributed by atoms with Crippen LogP contribution in [0, 0.1) is 0 Å². The smallest absolute Gasteiger partial charge is 0.411 e. The lowest BCUT2D eigenvalue weighted by Gasteiger charge is -2.11. The molecule has 4 aromatic rings. The van der Waals surface area contributed by atoms with E-state index in [0.29, 0.717) is 39.6 Å². The molecular formula is C22H21N5O4. The third kappa shape index (κ3) is 3.85. The number of methoxy groups -OCH3 is 1. The zero-order valence-corrected chi connectivity index (χ0v) is 17.3. The van der Waals surface area contributed by atoms with Crippen molar-refractivity contribution in [3.8, 4) is 28.4 Å². The highest BCUT2D eigenvalue weighted by atomic mass is 16.5. The van der Waals surface area contributed by atoms with E-state index < -0.39 is 6.09 Å². The van der Waals surface area contributed by atoms with Gasteiger partial charge in [-0.1, -0.05) is 30.3 Å². The van der Waals surface area contributed by atoms with E-state index in [0.717, 1.165) is 5.56 Å². The minimum Gasteiger partial charge on any atom is -0.496 e. The maximum Gasteiger partial charge on any atom is 0.411 e. The standard InChI is InChI=1S/C22H21N5O4/c1-4-31-22(29)23-14-10-11-15(16(12-14)30-3)19-24-20-17(21(28)25-19)18(26-27(20)2)13-8-6-5-7-9-13/h5-12H,4H2,1-3H3,(H,23,29)(H,24,25,28). The van der Waals surface area contributed by atoms with Gasteiger partial charge in [-0.2, -0.15) is 5.10 Å². The van der Waals surface area contributed by atoms with Gasteiger partial charge in [0.05, 0.1) is 19.3 Å². The Morgan fingerprint density at radius 2 is 1.97 bits per heavy atom. The van der Waals surface area contributed by atoms with E-state index >= 15 is 0 Å². The van der Waals surface area contributed by atoms with Crippen molar-refractivity contribution in [2.24, 2.45) is 7.05 Å². The van der Waals surface area contributed by atoms with Gasteiger partial charge >= 0.3 is 6.09 Å². The average molecular weight is 419 g/mol. The topological polar surface area (TPSA) is 111 Å². The van der Waals surface area contributed by atoms with Crippen LogP contribution in [0.25, 0.3) is 33.7 Å². The number of aryl methyl sites for hydroxylation is 1. The summed E-state index contributed by atoms with van der Waals surface area (Å²) < 4.78 is 11.9. The van der Waals surface area contributed by atoms with Gasteiger partial charge in [0.15, 0.2) is 5.65 Å². The molecule has 0 unspecified atom stereocenters. The molecule has 1 amide bonds. The number of benzene rings is 2. The second-order valence-electron chi connectivity index (χ2n) is 6.71. The van der Waals surface area contributed by atoms with E-state index in [-0.39, 0.29) is 12.2 Å². The first-order valence-electron chi connectivity index (χ1n) is 9.66. The molecule has 2 aromatic heterocycles. The lowest BCUT2D eigenvalue weighted by Crippen LogP contribution is -2.13. The number of nitrogens with zero attached hydrogens (tertiary/aromatic N) is 3. The van der Waals surface area contributed by atoms with Gasteiger partial charge in [0.1, 0.15) is 22.7 Å². The summed E-state index contributed by atoms with van der Waals surface area (Å²) in [5.41, 5.74) is 2.61. The average Bonchev–Trinajstić information content (AvgIpc) is 3.11. The molecule has 31 heavy (non-hydrogen) atoms. The van der Waals surface area contributed by atoms with Crippen molar-refractivity contribution >= 4 is 22.8 Å². The summed E-state index contributed by atoms with van der Waals surface area (Å²) in [5, 5.41) is 7.54. The highest BCUT2D eigenvalue weighted by Gasteiger charge is 2.19. The molecule has 2 aromatic carbocycles. The summed E-state index contributed by atoms with van der Waals surface area (Å²) in [7, 11) is 3.25. The number of hydrogen-bond acceptors (Lipinski definition) is 6. The van der Waals surface area contributed by atoms with Gasteiger partial charge in [0.25, 0.3) is 5.56 Å². The molecule has 2 N–H and O–H groups in total. The minimum atomic E-state index is -0.561. The van der Waals surface area contributed by atoms with Crippen LogP contribution >= 0.6 is 0 Å². The molecule has 9 heteroatoms. The van der Waals surface area contributed by atoms with E-state index in [1.165, 1.54) is 7.11 Å². The zero-order chi connectivity index (χ0) is 22.0. The maximum atomic E-state index is 13.0. The summed E-state index contributed by atoms with van der Waals surface area (Å²) in [6, 6.07) is 14.5. The molecule has 0 spiro atoms. The number of nitrogens with one attached hydrogen (secondary N) is 2. The van der Waals surface area contributed by atoms with Gasteiger partial charge in [-0.05, 0) is 19.1 Å². The number of aromatic nitrogens is 4.